The van der Waals surface area contributed by atoms with Crippen molar-refractivity contribution < 1.29 is 4.79 Å². The predicted octanol–water partition coefficient (Wildman–Crippen LogP) is 2.50. The Morgan fingerprint density at radius 3 is 2.42 bits per heavy atom. The maximum atomic E-state index is 12.5. The first-order valence-corrected chi connectivity index (χ1v) is 7.84. The van der Waals surface area contributed by atoms with E-state index in [0.717, 1.165) is 5.56 Å². The standard InChI is InChI=1S/C18H26N4O.ClH/c1-13-6-8-15(9-7-13)18(2,3)12-20-17(23)16(19-4)14-10-21-22(5)11-14;/h6-11,16,19H,12H2,1-5H3,(H,20,23);1H. The smallest absolute Gasteiger partial charge is 0.241 e. The number of nitrogens with zero attached hydrogens (tertiary/aromatic N) is 2. The van der Waals surface area contributed by atoms with Crippen molar-refractivity contribution in [3.05, 3.63) is 53.3 Å². The summed E-state index contributed by atoms with van der Waals surface area (Å²) >= 11 is 0. The van der Waals surface area contributed by atoms with Gasteiger partial charge >= 0.3 is 0 Å². The highest BCUT2D eigenvalue weighted by Crippen LogP contribution is 2.23. The van der Waals surface area contributed by atoms with Gasteiger partial charge in [-0.2, -0.15) is 5.10 Å². The minimum Gasteiger partial charge on any atom is -0.354 e. The molecule has 1 unspecified atom stereocenters. The van der Waals surface area contributed by atoms with Crippen molar-refractivity contribution in [2.45, 2.75) is 32.2 Å². The van der Waals surface area contributed by atoms with E-state index in [2.05, 4.69) is 60.8 Å². The lowest BCUT2D eigenvalue weighted by Crippen LogP contribution is -2.42. The molecule has 1 atom stereocenters. The quantitative estimate of drug-likeness (QED) is 0.841. The molecule has 5 nitrogen and oxygen atoms in total. The number of amides is 1. The van der Waals surface area contributed by atoms with Crippen molar-refractivity contribution in [3.8, 4) is 0 Å². The van der Waals surface area contributed by atoms with E-state index in [1.165, 1.54) is 11.1 Å². The summed E-state index contributed by atoms with van der Waals surface area (Å²) in [5.41, 5.74) is 3.18. The van der Waals surface area contributed by atoms with E-state index in [1.54, 1.807) is 17.9 Å². The monoisotopic (exact) mass is 350 g/mol. The summed E-state index contributed by atoms with van der Waals surface area (Å²) in [6.07, 6.45) is 3.57. The van der Waals surface area contributed by atoms with Crippen LogP contribution in [0.1, 0.15) is 36.6 Å². The van der Waals surface area contributed by atoms with Gasteiger partial charge in [0.25, 0.3) is 0 Å². The molecule has 24 heavy (non-hydrogen) atoms. The summed E-state index contributed by atoms with van der Waals surface area (Å²) in [7, 11) is 3.62. The lowest BCUT2D eigenvalue weighted by atomic mass is 9.84. The summed E-state index contributed by atoms with van der Waals surface area (Å²) < 4.78 is 1.70. The highest BCUT2D eigenvalue weighted by molar-refractivity contribution is 5.85. The molecule has 2 rings (SSSR count). The summed E-state index contributed by atoms with van der Waals surface area (Å²) in [5, 5.41) is 10.2. The molecule has 0 saturated carbocycles. The lowest BCUT2D eigenvalue weighted by molar-refractivity contribution is -0.123. The topological polar surface area (TPSA) is 59.0 Å². The lowest BCUT2D eigenvalue weighted by Gasteiger charge is -2.27. The summed E-state index contributed by atoms with van der Waals surface area (Å²) in [4.78, 5) is 12.5. The number of carbonyl (C=O) groups excluding carboxylic acids is 1. The predicted molar refractivity (Wildman–Crippen MR) is 99.5 cm³/mol. The maximum absolute atomic E-state index is 12.5. The first kappa shape index (κ1) is 20.2. The van der Waals surface area contributed by atoms with Gasteiger partial charge in [0.1, 0.15) is 6.04 Å². The van der Waals surface area contributed by atoms with Crippen molar-refractivity contribution in [2.24, 2.45) is 7.05 Å². The third-order valence-electron chi connectivity index (χ3n) is 4.15. The Kier molecular flexibility index (Phi) is 6.99. The number of aromatic nitrogens is 2. The molecule has 0 aliphatic rings. The molecule has 0 bridgehead atoms. The fourth-order valence-electron chi connectivity index (χ4n) is 2.56. The third-order valence-corrected chi connectivity index (χ3v) is 4.15. The molecule has 6 heteroatoms. The molecule has 0 spiro atoms. The zero-order valence-corrected chi connectivity index (χ0v) is 15.8. The van der Waals surface area contributed by atoms with Gasteiger partial charge < -0.3 is 10.6 Å². The van der Waals surface area contributed by atoms with Crippen LogP contribution in [0.4, 0.5) is 0 Å². The number of nitrogens with one attached hydrogen (secondary N) is 2. The second-order valence-electron chi connectivity index (χ2n) is 6.64. The van der Waals surface area contributed by atoms with Crippen molar-refractivity contribution >= 4 is 18.3 Å². The Morgan fingerprint density at radius 1 is 1.29 bits per heavy atom. The van der Waals surface area contributed by atoms with Gasteiger partial charge in [0.2, 0.25) is 5.91 Å². The van der Waals surface area contributed by atoms with Crippen LogP contribution in [0.2, 0.25) is 0 Å². The van der Waals surface area contributed by atoms with Gasteiger partial charge in [-0.1, -0.05) is 43.7 Å². The van der Waals surface area contributed by atoms with Crippen LogP contribution in [0.25, 0.3) is 0 Å². The number of benzene rings is 1. The maximum Gasteiger partial charge on any atom is 0.241 e. The van der Waals surface area contributed by atoms with Gasteiger partial charge in [0, 0.05) is 30.8 Å². The molecular weight excluding hydrogens is 324 g/mol. The molecule has 0 aliphatic heterocycles. The van der Waals surface area contributed by atoms with Crippen LogP contribution in [-0.2, 0) is 17.3 Å². The molecule has 1 amide bonds. The van der Waals surface area contributed by atoms with E-state index < -0.39 is 6.04 Å². The molecule has 0 saturated heterocycles. The molecular formula is C18H27ClN4O. The van der Waals surface area contributed by atoms with Crippen LogP contribution in [0, 0.1) is 6.92 Å². The van der Waals surface area contributed by atoms with Gasteiger partial charge in [-0.15, -0.1) is 12.4 Å². The Hall–Kier alpha value is -1.85. The number of halogens is 1. The minimum absolute atomic E-state index is 0. The minimum atomic E-state index is -0.391. The molecule has 1 aromatic heterocycles. The van der Waals surface area contributed by atoms with Crippen molar-refractivity contribution in [1.82, 2.24) is 20.4 Å². The number of carbonyl (C=O) groups is 1. The summed E-state index contributed by atoms with van der Waals surface area (Å²) in [6, 6.07) is 8.06. The fourth-order valence-corrected chi connectivity index (χ4v) is 2.56. The molecule has 2 N–H and O–H groups in total. The zero-order chi connectivity index (χ0) is 17.0. The van der Waals surface area contributed by atoms with E-state index in [0.29, 0.717) is 6.54 Å². The second kappa shape index (κ2) is 8.31. The molecule has 1 heterocycles. The van der Waals surface area contributed by atoms with Gasteiger partial charge in [0.05, 0.1) is 6.20 Å². The van der Waals surface area contributed by atoms with Gasteiger partial charge in [0.15, 0.2) is 0 Å². The molecule has 0 aliphatic carbocycles. The number of aryl methyl sites for hydroxylation is 2. The molecule has 1 aromatic carbocycles. The Labute approximate surface area is 150 Å². The van der Waals surface area contributed by atoms with E-state index in [9.17, 15) is 4.79 Å². The summed E-state index contributed by atoms with van der Waals surface area (Å²) in [5.74, 6) is -0.0410. The summed E-state index contributed by atoms with van der Waals surface area (Å²) in [6.45, 7) is 6.92. The molecule has 0 fully saturated rings. The van der Waals surface area contributed by atoms with E-state index in [-0.39, 0.29) is 23.7 Å². The Balaban J connectivity index is 0.00000288. The van der Waals surface area contributed by atoms with Crippen LogP contribution in [0.5, 0.6) is 0 Å². The number of hydrogen-bond acceptors (Lipinski definition) is 3. The first-order valence-electron chi connectivity index (χ1n) is 7.84. The van der Waals surface area contributed by atoms with Crippen LogP contribution in [0.3, 0.4) is 0 Å². The van der Waals surface area contributed by atoms with Crippen molar-refractivity contribution in [1.29, 1.82) is 0 Å². The van der Waals surface area contributed by atoms with Crippen LogP contribution in [0.15, 0.2) is 36.7 Å². The van der Waals surface area contributed by atoms with Crippen molar-refractivity contribution in [3.63, 3.8) is 0 Å². The highest BCUT2D eigenvalue weighted by Gasteiger charge is 2.25. The van der Waals surface area contributed by atoms with Crippen molar-refractivity contribution in [2.75, 3.05) is 13.6 Å². The normalized spacial score (nSPS) is 12.4. The number of hydrogen-bond donors (Lipinski definition) is 2. The van der Waals surface area contributed by atoms with Gasteiger partial charge in [-0.3, -0.25) is 9.48 Å². The van der Waals surface area contributed by atoms with Gasteiger partial charge in [-0.25, -0.2) is 0 Å². The molecule has 0 radical (unpaired) electrons. The average Bonchev–Trinajstić information content (AvgIpc) is 2.93. The second-order valence-corrected chi connectivity index (χ2v) is 6.64. The van der Waals surface area contributed by atoms with Gasteiger partial charge in [-0.05, 0) is 19.5 Å². The molecule has 2 aromatic rings. The number of likely N-dealkylation sites (N-methyl/N-ethyl adjacent to an activating group) is 1. The third kappa shape index (κ3) is 4.82. The zero-order valence-electron chi connectivity index (χ0n) is 15.0. The highest BCUT2D eigenvalue weighted by atomic mass is 35.5. The van der Waals surface area contributed by atoms with E-state index in [4.69, 9.17) is 0 Å². The van der Waals surface area contributed by atoms with Crippen LogP contribution in [-0.4, -0.2) is 29.3 Å². The van der Waals surface area contributed by atoms with E-state index in [1.807, 2.05) is 13.2 Å². The SMILES string of the molecule is CNC(C(=O)NCC(C)(C)c1ccc(C)cc1)c1cnn(C)c1.Cl. The van der Waals surface area contributed by atoms with E-state index >= 15 is 0 Å². The largest absolute Gasteiger partial charge is 0.354 e. The average molecular weight is 351 g/mol. The molecule has 132 valence electrons. The Bertz CT molecular complexity index is 664. The first-order chi connectivity index (χ1) is 10.8. The van der Waals surface area contributed by atoms with Crippen LogP contribution >= 0.6 is 12.4 Å². The van der Waals surface area contributed by atoms with Crippen LogP contribution < -0.4 is 10.6 Å². The Morgan fingerprint density at radius 2 is 1.92 bits per heavy atom. The fraction of sp³-hybridized carbons (Fsp3) is 0.444. The number of rotatable bonds is 6.